The molecule has 1 aromatic carbocycles. The van der Waals surface area contributed by atoms with E-state index in [1.165, 1.54) is 16.9 Å². The van der Waals surface area contributed by atoms with Crippen molar-refractivity contribution in [3.8, 4) is 11.5 Å². The summed E-state index contributed by atoms with van der Waals surface area (Å²) in [5.74, 6) is -0.893. The number of fused-ring (bicyclic) bond motifs is 5. The summed E-state index contributed by atoms with van der Waals surface area (Å²) in [6, 6.07) is 6.37. The molecule has 2 bridgehead atoms. The van der Waals surface area contributed by atoms with Gasteiger partial charge in [0.1, 0.15) is 18.0 Å². The predicted molar refractivity (Wildman–Crippen MR) is 140 cm³/mol. The molecule has 0 saturated carbocycles. The van der Waals surface area contributed by atoms with Gasteiger partial charge in [0, 0.05) is 51.8 Å². The van der Waals surface area contributed by atoms with Gasteiger partial charge in [-0.15, -0.1) is 5.10 Å². The number of aromatic nitrogens is 4. The van der Waals surface area contributed by atoms with E-state index in [2.05, 4.69) is 20.6 Å². The Hall–Kier alpha value is -4.69. The third-order valence-corrected chi connectivity index (χ3v) is 7.25. The Morgan fingerprint density at radius 2 is 1.98 bits per heavy atom. The van der Waals surface area contributed by atoms with Crippen LogP contribution in [0, 0.1) is 5.92 Å². The maximum Gasteiger partial charge on any atom is 0.433 e. The van der Waals surface area contributed by atoms with Gasteiger partial charge in [0.2, 0.25) is 5.91 Å². The second-order valence-corrected chi connectivity index (χ2v) is 10.1. The number of halogens is 3. The van der Waals surface area contributed by atoms with Crippen LogP contribution in [0.5, 0.6) is 11.5 Å². The van der Waals surface area contributed by atoms with Crippen molar-refractivity contribution < 1.29 is 37.0 Å². The third kappa shape index (κ3) is 5.99. The minimum Gasteiger partial charge on any atom is -0.493 e. The SMILES string of the molecule is COc1cccc2c1OCc1cn(nn1)[C@@H]1CN(C(=O)c3ccc(C(F)(F)F)nc3)C[C@@H]1CC(=O)NCCN(C)C2=O. The van der Waals surface area contributed by atoms with Crippen LogP contribution in [-0.2, 0) is 17.6 Å². The van der Waals surface area contributed by atoms with Crippen LogP contribution in [0.3, 0.4) is 0 Å². The highest BCUT2D eigenvalue weighted by Gasteiger charge is 2.39. The van der Waals surface area contributed by atoms with E-state index >= 15 is 0 Å². The summed E-state index contributed by atoms with van der Waals surface area (Å²) in [5, 5.41) is 11.2. The van der Waals surface area contributed by atoms with E-state index in [1.807, 2.05) is 0 Å². The molecule has 4 heterocycles. The molecule has 1 fully saturated rings. The zero-order chi connectivity index (χ0) is 30.0. The van der Waals surface area contributed by atoms with Crippen LogP contribution in [0.25, 0.3) is 0 Å². The van der Waals surface area contributed by atoms with Crippen molar-refractivity contribution in [1.82, 2.24) is 35.1 Å². The third-order valence-electron chi connectivity index (χ3n) is 7.25. The number of carbonyl (C=O) groups excluding carboxylic acids is 3. The molecule has 2 atom stereocenters. The van der Waals surface area contributed by atoms with E-state index in [0.29, 0.717) is 11.4 Å². The van der Waals surface area contributed by atoms with Gasteiger partial charge in [-0.2, -0.15) is 13.2 Å². The number of methoxy groups -OCH3 is 1. The minimum absolute atomic E-state index is 0.00163. The van der Waals surface area contributed by atoms with Gasteiger partial charge in [-0.25, -0.2) is 4.68 Å². The lowest BCUT2D eigenvalue weighted by atomic mass is 9.99. The predicted octanol–water partition coefficient (Wildman–Crippen LogP) is 2.18. The first kappa shape index (κ1) is 28.8. The van der Waals surface area contributed by atoms with Crippen LogP contribution in [0.15, 0.2) is 42.7 Å². The molecule has 3 aromatic rings. The van der Waals surface area contributed by atoms with Gasteiger partial charge in [0.05, 0.1) is 30.5 Å². The standard InChI is InChI=1S/C27H28F3N7O5/c1-35-9-8-31-23(38)10-17-12-36(25(39)16-6-7-22(32-11-16)27(28,29)30)14-20(17)37-13-18(33-34-37)15-42-24-19(26(35)40)4-3-5-21(24)41-2/h3-7,11,13,17,20H,8-10,12,14-15H2,1-2H3,(H,31,38)/t17-,20+/m0/s1. The normalized spacial score (nSPS) is 19.9. The topological polar surface area (TPSA) is 132 Å². The second-order valence-electron chi connectivity index (χ2n) is 10.1. The average molecular weight is 588 g/mol. The number of para-hydroxylation sites is 1. The highest BCUT2D eigenvalue weighted by atomic mass is 19.4. The highest BCUT2D eigenvalue weighted by Crippen LogP contribution is 2.34. The lowest BCUT2D eigenvalue weighted by Gasteiger charge is -2.21. The maximum absolute atomic E-state index is 13.2. The molecular formula is C27H28F3N7O5. The summed E-state index contributed by atoms with van der Waals surface area (Å²) in [6.07, 6.45) is -2.04. The van der Waals surface area contributed by atoms with Crippen LogP contribution in [0.2, 0.25) is 0 Å². The number of hydrogen-bond donors (Lipinski definition) is 1. The Balaban J connectivity index is 1.41. The fraction of sp³-hybridized carbons (Fsp3) is 0.407. The van der Waals surface area contributed by atoms with E-state index in [-0.39, 0.29) is 73.8 Å². The summed E-state index contributed by atoms with van der Waals surface area (Å²) in [4.78, 5) is 45.6. The molecule has 15 heteroatoms. The fourth-order valence-electron chi connectivity index (χ4n) is 5.05. The Bertz CT molecular complexity index is 1480. The van der Waals surface area contributed by atoms with E-state index in [0.717, 1.165) is 18.3 Å². The molecule has 3 amide bonds. The largest absolute Gasteiger partial charge is 0.493 e. The molecule has 2 aromatic heterocycles. The highest BCUT2D eigenvalue weighted by molar-refractivity contribution is 5.97. The molecule has 2 aliphatic rings. The first-order valence-corrected chi connectivity index (χ1v) is 13.1. The van der Waals surface area contributed by atoms with Gasteiger partial charge in [0.15, 0.2) is 11.5 Å². The van der Waals surface area contributed by atoms with Gasteiger partial charge in [-0.3, -0.25) is 19.4 Å². The van der Waals surface area contributed by atoms with Crippen LogP contribution in [-0.4, -0.2) is 87.8 Å². The van der Waals surface area contributed by atoms with Crippen molar-refractivity contribution in [2.45, 2.75) is 25.2 Å². The van der Waals surface area contributed by atoms with Crippen molar-refractivity contribution in [3.63, 3.8) is 0 Å². The van der Waals surface area contributed by atoms with Gasteiger partial charge >= 0.3 is 6.18 Å². The number of nitrogens with one attached hydrogen (secondary N) is 1. The number of pyridine rings is 1. The number of hydrogen-bond acceptors (Lipinski definition) is 8. The number of carbonyl (C=O) groups is 3. The summed E-state index contributed by atoms with van der Waals surface area (Å²) >= 11 is 0. The molecule has 5 rings (SSSR count). The van der Waals surface area contributed by atoms with Crippen molar-refractivity contribution in [2.24, 2.45) is 5.92 Å². The second kappa shape index (κ2) is 11.7. The van der Waals surface area contributed by atoms with Crippen molar-refractivity contribution >= 4 is 17.7 Å². The molecule has 1 N–H and O–H groups in total. The van der Waals surface area contributed by atoms with Crippen molar-refractivity contribution in [2.75, 3.05) is 40.3 Å². The van der Waals surface area contributed by atoms with Crippen LogP contribution in [0.4, 0.5) is 13.2 Å². The number of alkyl halides is 3. The summed E-state index contributed by atoms with van der Waals surface area (Å²) in [5.41, 5.74) is -0.384. The number of likely N-dealkylation sites (N-methyl/N-ethyl adjacent to an activating group) is 1. The van der Waals surface area contributed by atoms with Gasteiger partial charge < -0.3 is 24.6 Å². The van der Waals surface area contributed by atoms with E-state index in [1.54, 1.807) is 36.1 Å². The lowest BCUT2D eigenvalue weighted by Crippen LogP contribution is -2.37. The number of amides is 3. The smallest absolute Gasteiger partial charge is 0.433 e. The van der Waals surface area contributed by atoms with Crippen LogP contribution in [0.1, 0.15) is 44.6 Å². The van der Waals surface area contributed by atoms with Gasteiger partial charge in [-0.1, -0.05) is 11.3 Å². The molecule has 42 heavy (non-hydrogen) atoms. The number of likely N-dealkylation sites (tertiary alicyclic amines) is 1. The lowest BCUT2D eigenvalue weighted by molar-refractivity contribution is -0.141. The fourth-order valence-corrected chi connectivity index (χ4v) is 5.05. The zero-order valence-corrected chi connectivity index (χ0v) is 22.8. The quantitative estimate of drug-likeness (QED) is 0.483. The molecule has 0 unspecified atom stereocenters. The Kier molecular flexibility index (Phi) is 8.00. The van der Waals surface area contributed by atoms with E-state index in [9.17, 15) is 27.6 Å². The number of benzene rings is 1. The van der Waals surface area contributed by atoms with Crippen molar-refractivity contribution in [3.05, 3.63) is 65.2 Å². The number of rotatable bonds is 2. The zero-order valence-electron chi connectivity index (χ0n) is 22.8. The van der Waals surface area contributed by atoms with Crippen LogP contribution < -0.4 is 14.8 Å². The molecule has 1 saturated heterocycles. The van der Waals surface area contributed by atoms with E-state index < -0.39 is 23.8 Å². The van der Waals surface area contributed by atoms with Crippen molar-refractivity contribution in [1.29, 1.82) is 0 Å². The molecular weight excluding hydrogens is 559 g/mol. The molecule has 0 spiro atoms. The molecule has 2 aliphatic heterocycles. The van der Waals surface area contributed by atoms with E-state index in [4.69, 9.17) is 9.47 Å². The monoisotopic (exact) mass is 587 g/mol. The van der Waals surface area contributed by atoms with Gasteiger partial charge in [0.25, 0.3) is 11.8 Å². The Labute approximate surface area is 238 Å². The summed E-state index contributed by atoms with van der Waals surface area (Å²) < 4.78 is 51.8. The Morgan fingerprint density at radius 1 is 1.17 bits per heavy atom. The first-order valence-electron chi connectivity index (χ1n) is 13.1. The Morgan fingerprint density at radius 3 is 2.69 bits per heavy atom. The van der Waals surface area contributed by atoms with Gasteiger partial charge in [-0.05, 0) is 24.3 Å². The minimum atomic E-state index is -4.62. The summed E-state index contributed by atoms with van der Waals surface area (Å²) in [7, 11) is 3.07. The van der Waals surface area contributed by atoms with Crippen LogP contribution >= 0.6 is 0 Å². The molecule has 222 valence electrons. The molecule has 0 aliphatic carbocycles. The first-order chi connectivity index (χ1) is 20.0. The number of nitrogens with zero attached hydrogens (tertiary/aromatic N) is 6. The number of ether oxygens (including phenoxy) is 2. The maximum atomic E-state index is 13.2. The average Bonchev–Trinajstić information content (AvgIpc) is 3.61. The molecule has 0 radical (unpaired) electrons. The summed E-state index contributed by atoms with van der Waals surface area (Å²) in [6.45, 7) is 0.679. The molecule has 12 nitrogen and oxygen atoms in total.